The summed E-state index contributed by atoms with van der Waals surface area (Å²) >= 11 is 1.34. The van der Waals surface area contributed by atoms with Crippen LogP contribution in [0.1, 0.15) is 12.5 Å². The van der Waals surface area contributed by atoms with Gasteiger partial charge in [0.15, 0.2) is 0 Å². The molecule has 0 aromatic heterocycles. The number of anilines is 1. The van der Waals surface area contributed by atoms with Crippen molar-refractivity contribution >= 4 is 23.4 Å². The second kappa shape index (κ2) is 7.35. The first-order chi connectivity index (χ1) is 10.5. The van der Waals surface area contributed by atoms with E-state index in [1.807, 2.05) is 0 Å². The summed E-state index contributed by atoms with van der Waals surface area (Å²) in [5, 5.41) is 1.99. The third kappa shape index (κ3) is 4.53. The summed E-state index contributed by atoms with van der Waals surface area (Å²) < 4.78 is 39.1. The van der Waals surface area contributed by atoms with E-state index in [1.165, 1.54) is 30.0 Å². The maximum Gasteiger partial charge on any atom is 0.237 e. The van der Waals surface area contributed by atoms with Gasteiger partial charge in [-0.25, -0.2) is 13.2 Å². The zero-order valence-electron chi connectivity index (χ0n) is 11.8. The predicted molar refractivity (Wildman–Crippen MR) is 82.1 cm³/mol. The van der Waals surface area contributed by atoms with Gasteiger partial charge >= 0.3 is 0 Å². The zero-order valence-corrected chi connectivity index (χ0v) is 12.6. The molecule has 0 radical (unpaired) electrons. The third-order valence-corrected chi connectivity index (χ3v) is 4.19. The monoisotopic (exact) mass is 325 g/mol. The fourth-order valence-electron chi connectivity index (χ4n) is 1.70. The van der Waals surface area contributed by atoms with Crippen molar-refractivity contribution in [1.29, 1.82) is 0 Å². The lowest BCUT2D eigenvalue weighted by Crippen LogP contribution is -2.23. The van der Waals surface area contributed by atoms with E-state index >= 15 is 0 Å². The Morgan fingerprint density at radius 3 is 2.36 bits per heavy atom. The summed E-state index contributed by atoms with van der Waals surface area (Å²) in [7, 11) is 0. The molecule has 2 rings (SSSR count). The van der Waals surface area contributed by atoms with Gasteiger partial charge in [0.05, 0.1) is 10.9 Å². The average Bonchev–Trinajstić information content (AvgIpc) is 2.49. The van der Waals surface area contributed by atoms with Crippen molar-refractivity contribution in [3.05, 3.63) is 65.5 Å². The van der Waals surface area contributed by atoms with Crippen molar-refractivity contribution in [1.82, 2.24) is 0 Å². The average molecular weight is 325 g/mol. The topological polar surface area (TPSA) is 29.1 Å². The van der Waals surface area contributed by atoms with Crippen LogP contribution in [0.25, 0.3) is 0 Å². The molecule has 1 atom stereocenters. The van der Waals surface area contributed by atoms with Gasteiger partial charge in [-0.05, 0) is 36.8 Å². The first kappa shape index (κ1) is 16.4. The molecule has 1 unspecified atom stereocenters. The largest absolute Gasteiger partial charge is 0.323 e. The summed E-state index contributed by atoms with van der Waals surface area (Å²) in [6.07, 6.45) is 0. The number of hydrogen-bond donors (Lipinski definition) is 1. The van der Waals surface area contributed by atoms with Gasteiger partial charge in [0.2, 0.25) is 5.91 Å². The Morgan fingerprint density at radius 2 is 1.73 bits per heavy atom. The molecule has 1 N–H and O–H groups in total. The van der Waals surface area contributed by atoms with E-state index in [0.717, 1.165) is 11.6 Å². The highest BCUT2D eigenvalue weighted by Crippen LogP contribution is 2.21. The molecule has 116 valence electrons. The van der Waals surface area contributed by atoms with Crippen molar-refractivity contribution in [3.8, 4) is 0 Å². The number of carbonyl (C=O) groups excluding carboxylic acids is 1. The third-order valence-electron chi connectivity index (χ3n) is 2.97. The molecule has 1 amide bonds. The molecule has 0 heterocycles. The molecule has 0 bridgehead atoms. The van der Waals surface area contributed by atoms with Crippen LogP contribution < -0.4 is 5.32 Å². The van der Waals surface area contributed by atoms with Gasteiger partial charge in [0, 0.05) is 11.8 Å². The first-order valence-corrected chi connectivity index (χ1v) is 7.62. The van der Waals surface area contributed by atoms with Crippen LogP contribution >= 0.6 is 11.8 Å². The number of thioether (sulfide) groups is 1. The number of rotatable bonds is 5. The molecule has 0 spiro atoms. The second-order valence-corrected chi connectivity index (χ2v) is 6.02. The minimum absolute atomic E-state index is 0.0550. The van der Waals surface area contributed by atoms with Crippen LogP contribution in [0.2, 0.25) is 0 Å². The van der Waals surface area contributed by atoms with Gasteiger partial charge in [-0.15, -0.1) is 11.8 Å². The molecule has 2 aromatic rings. The smallest absolute Gasteiger partial charge is 0.237 e. The molecule has 2 nitrogen and oxygen atoms in total. The van der Waals surface area contributed by atoms with E-state index in [2.05, 4.69) is 5.32 Å². The molecule has 2 aromatic carbocycles. The van der Waals surface area contributed by atoms with Crippen molar-refractivity contribution in [2.24, 2.45) is 0 Å². The van der Waals surface area contributed by atoms with Gasteiger partial charge in [-0.3, -0.25) is 4.79 Å². The normalized spacial score (nSPS) is 12.0. The van der Waals surface area contributed by atoms with E-state index < -0.39 is 16.9 Å². The molecule has 0 aliphatic carbocycles. The summed E-state index contributed by atoms with van der Waals surface area (Å²) in [6, 6.07) is 8.98. The lowest BCUT2D eigenvalue weighted by Gasteiger charge is -2.12. The Hall–Kier alpha value is -1.95. The van der Waals surface area contributed by atoms with Crippen LogP contribution in [0.15, 0.2) is 42.5 Å². The number of hydrogen-bond acceptors (Lipinski definition) is 2. The minimum Gasteiger partial charge on any atom is -0.323 e. The number of benzene rings is 2. The lowest BCUT2D eigenvalue weighted by molar-refractivity contribution is -0.115. The molecule has 22 heavy (non-hydrogen) atoms. The Bertz CT molecular complexity index is 661. The second-order valence-electron chi connectivity index (χ2n) is 4.69. The van der Waals surface area contributed by atoms with Crippen molar-refractivity contribution in [2.75, 3.05) is 5.32 Å². The van der Waals surface area contributed by atoms with Crippen molar-refractivity contribution < 1.29 is 18.0 Å². The van der Waals surface area contributed by atoms with Gasteiger partial charge in [0.1, 0.15) is 17.5 Å². The maximum atomic E-state index is 13.5. The van der Waals surface area contributed by atoms with Crippen LogP contribution in [0.5, 0.6) is 0 Å². The first-order valence-electron chi connectivity index (χ1n) is 6.57. The van der Waals surface area contributed by atoms with E-state index in [9.17, 15) is 18.0 Å². The predicted octanol–water partition coefficient (Wildman–Crippen LogP) is 4.36. The summed E-state index contributed by atoms with van der Waals surface area (Å²) in [4.78, 5) is 12.0. The molecule has 0 aliphatic rings. The molecule has 0 saturated carbocycles. The van der Waals surface area contributed by atoms with E-state index in [1.54, 1.807) is 19.1 Å². The highest BCUT2D eigenvalue weighted by Gasteiger charge is 2.15. The Morgan fingerprint density at radius 1 is 1.09 bits per heavy atom. The standard InChI is InChI=1S/C16H14F3NOS/c1-10(22-9-11-2-4-12(17)5-3-11)16(21)20-15-7-6-13(18)8-14(15)19/h2-8,10H,9H2,1H3,(H,20,21). The fraction of sp³-hybridized carbons (Fsp3) is 0.188. The van der Waals surface area contributed by atoms with Gasteiger partial charge in [-0.2, -0.15) is 0 Å². The van der Waals surface area contributed by atoms with E-state index in [0.29, 0.717) is 11.8 Å². The molecular weight excluding hydrogens is 311 g/mol. The van der Waals surface area contributed by atoms with E-state index in [-0.39, 0.29) is 17.4 Å². The number of carbonyl (C=O) groups is 1. The minimum atomic E-state index is -0.816. The van der Waals surface area contributed by atoms with Gasteiger partial charge in [-0.1, -0.05) is 12.1 Å². The Balaban J connectivity index is 1.90. The van der Waals surface area contributed by atoms with Crippen LogP contribution in [0.4, 0.5) is 18.9 Å². The number of amides is 1. The molecule has 0 aliphatic heterocycles. The molecule has 0 fully saturated rings. The maximum absolute atomic E-state index is 13.5. The Labute approximate surface area is 130 Å². The van der Waals surface area contributed by atoms with Crippen molar-refractivity contribution in [3.63, 3.8) is 0 Å². The molecule has 0 saturated heterocycles. The van der Waals surface area contributed by atoms with Crippen molar-refractivity contribution in [2.45, 2.75) is 17.9 Å². The van der Waals surface area contributed by atoms with E-state index in [4.69, 9.17) is 0 Å². The fourth-order valence-corrected chi connectivity index (χ4v) is 2.55. The zero-order chi connectivity index (χ0) is 16.1. The summed E-state index contributed by atoms with van der Waals surface area (Å²) in [6.45, 7) is 1.69. The molecular formula is C16H14F3NOS. The quantitative estimate of drug-likeness (QED) is 0.885. The van der Waals surface area contributed by atoms with Crippen LogP contribution in [-0.2, 0) is 10.5 Å². The van der Waals surface area contributed by atoms with Crippen LogP contribution in [0, 0.1) is 17.5 Å². The van der Waals surface area contributed by atoms with Gasteiger partial charge < -0.3 is 5.32 Å². The molecule has 6 heteroatoms. The van der Waals surface area contributed by atoms with Crippen LogP contribution in [0.3, 0.4) is 0 Å². The summed E-state index contributed by atoms with van der Waals surface area (Å²) in [5.41, 5.74) is 0.833. The highest BCUT2D eigenvalue weighted by molar-refractivity contribution is 7.99. The van der Waals surface area contributed by atoms with Gasteiger partial charge in [0.25, 0.3) is 0 Å². The summed E-state index contributed by atoms with van der Waals surface area (Å²) in [5.74, 6) is -1.68. The SMILES string of the molecule is CC(SCc1ccc(F)cc1)C(=O)Nc1ccc(F)cc1F. The van der Waals surface area contributed by atoms with Crippen LogP contribution in [-0.4, -0.2) is 11.2 Å². The Kier molecular flexibility index (Phi) is 5.49. The number of nitrogens with one attached hydrogen (secondary N) is 1. The number of halogens is 3. The highest BCUT2D eigenvalue weighted by atomic mass is 32.2. The lowest BCUT2D eigenvalue weighted by atomic mass is 10.2.